The average molecular weight is 400 g/mol. The number of aromatic amines is 1. The van der Waals surface area contributed by atoms with Crippen molar-refractivity contribution < 1.29 is 9.21 Å². The van der Waals surface area contributed by atoms with Crippen LogP contribution in [0.3, 0.4) is 0 Å². The molecule has 0 saturated heterocycles. The van der Waals surface area contributed by atoms with Crippen molar-refractivity contribution in [3.8, 4) is 22.6 Å². The quantitative estimate of drug-likeness (QED) is 0.682. The van der Waals surface area contributed by atoms with E-state index in [0.717, 1.165) is 16.7 Å². The summed E-state index contributed by atoms with van der Waals surface area (Å²) in [7, 11) is 0. The molecule has 3 aromatic rings. The van der Waals surface area contributed by atoms with Crippen LogP contribution in [0, 0.1) is 13.8 Å². The molecule has 0 atom stereocenters. The van der Waals surface area contributed by atoms with E-state index in [1.807, 2.05) is 13.0 Å². The summed E-state index contributed by atoms with van der Waals surface area (Å²) in [6.07, 6.45) is 1.32. The number of hydrogen-bond donors (Lipinski definition) is 2. The second-order valence-corrected chi connectivity index (χ2v) is 8.25. The van der Waals surface area contributed by atoms with Gasteiger partial charge in [-0.15, -0.1) is 0 Å². The Hall–Kier alpha value is -2.86. The molecule has 0 radical (unpaired) electrons. The molecular formula is C21H22ClN3O3. The van der Waals surface area contributed by atoms with Crippen LogP contribution in [0.4, 0.5) is 0 Å². The van der Waals surface area contributed by atoms with Crippen LogP contribution in [-0.2, 0) is 5.41 Å². The predicted octanol–water partition coefficient (Wildman–Crippen LogP) is 4.36. The zero-order valence-electron chi connectivity index (χ0n) is 16.4. The van der Waals surface area contributed by atoms with Crippen LogP contribution in [0.1, 0.15) is 48.3 Å². The van der Waals surface area contributed by atoms with Crippen molar-refractivity contribution in [2.24, 2.45) is 5.73 Å². The van der Waals surface area contributed by atoms with Crippen LogP contribution in [0.5, 0.6) is 0 Å². The highest BCUT2D eigenvalue weighted by atomic mass is 35.5. The molecule has 0 unspecified atom stereocenters. The number of halogens is 1. The number of hydrogen-bond acceptors (Lipinski definition) is 4. The molecule has 7 heteroatoms. The van der Waals surface area contributed by atoms with E-state index in [0.29, 0.717) is 22.0 Å². The van der Waals surface area contributed by atoms with Gasteiger partial charge in [0.05, 0.1) is 11.8 Å². The van der Waals surface area contributed by atoms with Crippen molar-refractivity contribution in [2.75, 3.05) is 0 Å². The first-order valence-electron chi connectivity index (χ1n) is 8.80. The Morgan fingerprint density at radius 2 is 1.89 bits per heavy atom. The second kappa shape index (κ2) is 6.95. The standard InChI is InChI=1S/C21H22ClN3O3/c1-10-6-13(21(3,4)5)14(22)7-12(10)15-8-16(26)18(11(2)25-15)17-9-24-20(28-17)19(23)27/h6-9H,1-5H3,(H2,23,27)(H,25,26). The van der Waals surface area contributed by atoms with Gasteiger partial charge in [0.15, 0.2) is 11.2 Å². The number of aryl methyl sites for hydroxylation is 2. The van der Waals surface area contributed by atoms with E-state index >= 15 is 0 Å². The summed E-state index contributed by atoms with van der Waals surface area (Å²) < 4.78 is 5.31. The van der Waals surface area contributed by atoms with E-state index in [1.165, 1.54) is 12.3 Å². The van der Waals surface area contributed by atoms with E-state index in [4.69, 9.17) is 21.8 Å². The molecule has 0 bridgehead atoms. The Labute approximate surface area is 167 Å². The average Bonchev–Trinajstić information content (AvgIpc) is 3.04. The molecule has 3 rings (SSSR count). The SMILES string of the molecule is Cc1cc(C(C)(C)C)c(Cl)cc1-c1cc(=O)c(-c2cnc(C(N)=O)o2)c(C)[nH]1. The van der Waals surface area contributed by atoms with Gasteiger partial charge in [0.2, 0.25) is 0 Å². The smallest absolute Gasteiger partial charge is 0.304 e. The lowest BCUT2D eigenvalue weighted by atomic mass is 9.85. The van der Waals surface area contributed by atoms with E-state index in [9.17, 15) is 9.59 Å². The molecule has 2 heterocycles. The first kappa shape index (κ1) is 19.9. The summed E-state index contributed by atoms with van der Waals surface area (Å²) in [5.41, 5.74) is 9.27. The number of H-pyrrole nitrogens is 1. The minimum absolute atomic E-state index is 0.0853. The minimum atomic E-state index is -0.791. The van der Waals surface area contributed by atoms with Gasteiger partial charge in [-0.05, 0) is 36.5 Å². The normalized spacial score (nSPS) is 11.6. The first-order valence-corrected chi connectivity index (χ1v) is 9.17. The van der Waals surface area contributed by atoms with Crippen molar-refractivity contribution in [2.45, 2.75) is 40.0 Å². The molecule has 28 heavy (non-hydrogen) atoms. The fraction of sp³-hybridized carbons (Fsp3) is 0.286. The number of aromatic nitrogens is 2. The Kier molecular flexibility index (Phi) is 4.93. The van der Waals surface area contributed by atoms with E-state index in [2.05, 4.69) is 36.8 Å². The van der Waals surface area contributed by atoms with Crippen LogP contribution in [0.2, 0.25) is 5.02 Å². The van der Waals surface area contributed by atoms with Gasteiger partial charge < -0.3 is 15.1 Å². The minimum Gasteiger partial charge on any atom is -0.432 e. The third-order valence-electron chi connectivity index (χ3n) is 4.59. The molecule has 1 aromatic carbocycles. The van der Waals surface area contributed by atoms with Crippen molar-refractivity contribution in [3.63, 3.8) is 0 Å². The monoisotopic (exact) mass is 399 g/mol. The van der Waals surface area contributed by atoms with Crippen LogP contribution in [0.25, 0.3) is 22.6 Å². The van der Waals surface area contributed by atoms with Gasteiger partial charge in [0, 0.05) is 28.0 Å². The van der Waals surface area contributed by atoms with Crippen molar-refractivity contribution in [1.82, 2.24) is 9.97 Å². The van der Waals surface area contributed by atoms with Crippen LogP contribution in [0.15, 0.2) is 33.6 Å². The summed E-state index contributed by atoms with van der Waals surface area (Å²) in [6.45, 7) is 10.1. The molecule has 0 saturated carbocycles. The van der Waals surface area contributed by atoms with Gasteiger partial charge in [-0.2, -0.15) is 0 Å². The number of rotatable bonds is 3. The molecule has 0 aliphatic heterocycles. The molecule has 1 amide bonds. The maximum Gasteiger partial charge on any atom is 0.304 e. The van der Waals surface area contributed by atoms with Crippen molar-refractivity contribution in [3.05, 3.63) is 62.4 Å². The lowest BCUT2D eigenvalue weighted by Crippen LogP contribution is -2.13. The lowest BCUT2D eigenvalue weighted by molar-refractivity contribution is 0.0968. The topological polar surface area (TPSA) is 102 Å². The number of nitrogens with two attached hydrogens (primary N) is 1. The molecule has 3 N–H and O–H groups in total. The predicted molar refractivity (Wildman–Crippen MR) is 110 cm³/mol. The number of primary amides is 1. The summed E-state index contributed by atoms with van der Waals surface area (Å²) in [4.78, 5) is 31.0. The Bertz CT molecular complexity index is 1140. The molecule has 146 valence electrons. The van der Waals surface area contributed by atoms with Gasteiger partial charge in [0.1, 0.15) is 0 Å². The maximum atomic E-state index is 12.8. The highest BCUT2D eigenvalue weighted by Gasteiger charge is 2.21. The number of pyridine rings is 1. The van der Waals surface area contributed by atoms with Crippen LogP contribution < -0.4 is 11.2 Å². The zero-order chi connectivity index (χ0) is 20.8. The number of carbonyl (C=O) groups excluding carboxylic acids is 1. The van der Waals surface area contributed by atoms with Gasteiger partial charge in [-0.3, -0.25) is 9.59 Å². The highest BCUT2D eigenvalue weighted by molar-refractivity contribution is 6.31. The Morgan fingerprint density at radius 1 is 1.21 bits per heavy atom. The zero-order valence-corrected chi connectivity index (χ0v) is 17.2. The molecule has 0 aliphatic rings. The maximum absolute atomic E-state index is 12.8. The largest absolute Gasteiger partial charge is 0.432 e. The van der Waals surface area contributed by atoms with Gasteiger partial charge >= 0.3 is 5.91 Å². The summed E-state index contributed by atoms with van der Waals surface area (Å²) in [6, 6.07) is 5.42. The first-order chi connectivity index (χ1) is 13.0. The second-order valence-electron chi connectivity index (χ2n) is 7.84. The van der Waals surface area contributed by atoms with Gasteiger partial charge in [0.25, 0.3) is 5.89 Å². The van der Waals surface area contributed by atoms with Crippen molar-refractivity contribution in [1.29, 1.82) is 0 Å². The summed E-state index contributed by atoms with van der Waals surface area (Å²) in [5, 5.41) is 0.650. The molecule has 2 aromatic heterocycles. The van der Waals surface area contributed by atoms with Gasteiger partial charge in [-0.25, -0.2) is 4.98 Å². The van der Waals surface area contributed by atoms with Crippen LogP contribution in [-0.4, -0.2) is 15.9 Å². The fourth-order valence-electron chi connectivity index (χ4n) is 3.19. The number of nitrogens with zero attached hydrogens (tertiary/aromatic N) is 1. The number of amides is 1. The third-order valence-corrected chi connectivity index (χ3v) is 4.91. The third kappa shape index (κ3) is 3.60. The number of carbonyl (C=O) groups is 1. The van der Waals surface area contributed by atoms with Crippen molar-refractivity contribution >= 4 is 17.5 Å². The number of oxazole rings is 1. The van der Waals surface area contributed by atoms with E-state index < -0.39 is 5.91 Å². The molecular weight excluding hydrogens is 378 g/mol. The molecule has 0 spiro atoms. The summed E-state index contributed by atoms with van der Waals surface area (Å²) >= 11 is 6.52. The Morgan fingerprint density at radius 3 is 2.43 bits per heavy atom. The molecule has 0 aliphatic carbocycles. The Balaban J connectivity index is 2.12. The van der Waals surface area contributed by atoms with Gasteiger partial charge in [-0.1, -0.05) is 38.4 Å². The lowest BCUT2D eigenvalue weighted by Gasteiger charge is -2.22. The highest BCUT2D eigenvalue weighted by Crippen LogP contribution is 2.35. The van der Waals surface area contributed by atoms with E-state index in [-0.39, 0.29) is 22.5 Å². The summed E-state index contributed by atoms with van der Waals surface area (Å²) in [5.74, 6) is -0.837. The number of benzene rings is 1. The van der Waals surface area contributed by atoms with Crippen LogP contribution >= 0.6 is 11.6 Å². The fourth-order valence-corrected chi connectivity index (χ4v) is 3.64. The molecule has 6 nitrogen and oxygen atoms in total. The molecule has 0 fully saturated rings. The van der Waals surface area contributed by atoms with E-state index in [1.54, 1.807) is 6.92 Å². The number of nitrogens with one attached hydrogen (secondary N) is 1.